The third kappa shape index (κ3) is 3.12. The zero-order valence-electron chi connectivity index (χ0n) is 8.79. The average molecular weight is 202 g/mol. The predicted molar refractivity (Wildman–Crippen MR) is 59.6 cm³/mol. The van der Waals surface area contributed by atoms with Crippen molar-refractivity contribution >= 4 is 0 Å². The van der Waals surface area contributed by atoms with Gasteiger partial charge in [-0.05, 0) is 30.2 Å². The molecule has 0 spiro atoms. The smallest absolute Gasteiger partial charge is 0.124 e. The van der Waals surface area contributed by atoms with Crippen LogP contribution in [0.15, 0.2) is 30.4 Å². The van der Waals surface area contributed by atoms with Gasteiger partial charge in [0, 0.05) is 6.54 Å². The Balaban J connectivity index is 2.76. The maximum Gasteiger partial charge on any atom is 0.124 e. The topological polar surface area (TPSA) is 59.0 Å². The normalized spacial score (nSPS) is 9.40. The Labute approximate surface area is 89.8 Å². The van der Waals surface area contributed by atoms with Crippen molar-refractivity contribution in [2.24, 2.45) is 5.73 Å². The van der Waals surface area contributed by atoms with Gasteiger partial charge in [-0.25, -0.2) is 0 Å². The minimum atomic E-state index is 0.395. The molecule has 1 aromatic rings. The van der Waals surface area contributed by atoms with Crippen LogP contribution in [-0.2, 0) is 0 Å². The summed E-state index contributed by atoms with van der Waals surface area (Å²) < 4.78 is 5.50. The molecule has 0 amide bonds. The molecule has 0 bridgehead atoms. The van der Waals surface area contributed by atoms with Gasteiger partial charge in [0.25, 0.3) is 0 Å². The number of hydrogen-bond donors (Lipinski definition) is 1. The third-order valence-electron chi connectivity index (χ3n) is 2.04. The van der Waals surface area contributed by atoms with Crippen molar-refractivity contribution in [1.82, 2.24) is 0 Å². The number of rotatable bonds is 4. The second-order valence-electron chi connectivity index (χ2n) is 3.33. The van der Waals surface area contributed by atoms with Crippen LogP contribution in [0.1, 0.15) is 11.1 Å². The molecule has 0 atom stereocenters. The van der Waals surface area contributed by atoms with Gasteiger partial charge in [-0.3, -0.25) is 0 Å². The number of nitriles is 1. The summed E-state index contributed by atoms with van der Waals surface area (Å²) in [6.45, 7) is 6.49. The van der Waals surface area contributed by atoms with Gasteiger partial charge in [0.2, 0.25) is 0 Å². The number of nitrogens with two attached hydrogens (primary N) is 1. The van der Waals surface area contributed by atoms with Gasteiger partial charge >= 0.3 is 0 Å². The minimum Gasteiger partial charge on any atom is -0.489 e. The Hall–Kier alpha value is -1.79. The standard InChI is InChI=1S/C12H14N2O/c1-9(6-13)8-15-12-5-11(7-14)4-3-10(12)2/h3-5H,1,6,8,13H2,2H3. The molecule has 1 aromatic carbocycles. The molecular weight excluding hydrogens is 188 g/mol. The van der Waals surface area contributed by atoms with Crippen molar-refractivity contribution in [2.45, 2.75) is 6.92 Å². The summed E-state index contributed by atoms with van der Waals surface area (Å²) in [6, 6.07) is 7.41. The zero-order chi connectivity index (χ0) is 11.3. The van der Waals surface area contributed by atoms with Crippen molar-refractivity contribution in [2.75, 3.05) is 13.2 Å². The van der Waals surface area contributed by atoms with E-state index in [1.807, 2.05) is 13.0 Å². The van der Waals surface area contributed by atoms with Crippen LogP contribution in [0, 0.1) is 18.3 Å². The van der Waals surface area contributed by atoms with Crippen molar-refractivity contribution < 1.29 is 4.74 Å². The van der Waals surface area contributed by atoms with Gasteiger partial charge in [0.1, 0.15) is 12.4 Å². The lowest BCUT2D eigenvalue weighted by molar-refractivity contribution is 0.348. The van der Waals surface area contributed by atoms with E-state index in [4.69, 9.17) is 15.7 Å². The fraction of sp³-hybridized carbons (Fsp3) is 0.250. The molecule has 0 radical (unpaired) electrons. The van der Waals surface area contributed by atoms with Crippen LogP contribution in [0.3, 0.4) is 0 Å². The molecule has 78 valence electrons. The second-order valence-corrected chi connectivity index (χ2v) is 3.33. The highest BCUT2D eigenvalue weighted by molar-refractivity contribution is 5.41. The van der Waals surface area contributed by atoms with Crippen LogP contribution in [0.25, 0.3) is 0 Å². The lowest BCUT2D eigenvalue weighted by atomic mass is 10.1. The van der Waals surface area contributed by atoms with E-state index in [1.165, 1.54) is 0 Å². The van der Waals surface area contributed by atoms with Gasteiger partial charge in [-0.1, -0.05) is 12.6 Å². The highest BCUT2D eigenvalue weighted by atomic mass is 16.5. The lowest BCUT2D eigenvalue weighted by Gasteiger charge is -2.09. The molecule has 2 N–H and O–H groups in total. The molecule has 0 aromatic heterocycles. The van der Waals surface area contributed by atoms with Crippen LogP contribution in [0.2, 0.25) is 0 Å². The summed E-state index contributed by atoms with van der Waals surface area (Å²) in [5.41, 5.74) is 7.82. The maximum absolute atomic E-state index is 8.73. The van der Waals surface area contributed by atoms with Gasteiger partial charge in [-0.2, -0.15) is 5.26 Å². The highest BCUT2D eigenvalue weighted by Gasteiger charge is 2.01. The summed E-state index contributed by atoms with van der Waals surface area (Å²) in [4.78, 5) is 0. The van der Waals surface area contributed by atoms with E-state index in [-0.39, 0.29) is 0 Å². The fourth-order valence-corrected chi connectivity index (χ4v) is 1.06. The van der Waals surface area contributed by atoms with E-state index in [2.05, 4.69) is 12.6 Å². The van der Waals surface area contributed by atoms with Gasteiger partial charge in [0.15, 0.2) is 0 Å². The van der Waals surface area contributed by atoms with Gasteiger partial charge in [0.05, 0.1) is 11.6 Å². The third-order valence-corrected chi connectivity index (χ3v) is 2.04. The zero-order valence-corrected chi connectivity index (χ0v) is 8.79. The van der Waals surface area contributed by atoms with Crippen LogP contribution in [0.4, 0.5) is 0 Å². The van der Waals surface area contributed by atoms with Crippen molar-refractivity contribution in [3.8, 4) is 11.8 Å². The first-order valence-electron chi connectivity index (χ1n) is 4.67. The molecule has 3 nitrogen and oxygen atoms in total. The molecule has 0 aliphatic heterocycles. The van der Waals surface area contributed by atoms with Crippen molar-refractivity contribution in [3.63, 3.8) is 0 Å². The van der Waals surface area contributed by atoms with Gasteiger partial charge < -0.3 is 10.5 Å². The largest absolute Gasteiger partial charge is 0.489 e. The maximum atomic E-state index is 8.73. The molecule has 0 saturated heterocycles. The number of benzene rings is 1. The van der Waals surface area contributed by atoms with Gasteiger partial charge in [-0.15, -0.1) is 0 Å². The first-order chi connectivity index (χ1) is 7.17. The summed E-state index contributed by atoms with van der Waals surface area (Å²) in [7, 11) is 0. The Kier molecular flexibility index (Phi) is 3.90. The minimum absolute atomic E-state index is 0.395. The molecule has 0 unspecified atom stereocenters. The van der Waals surface area contributed by atoms with E-state index < -0.39 is 0 Å². The van der Waals surface area contributed by atoms with Crippen molar-refractivity contribution in [3.05, 3.63) is 41.5 Å². The first-order valence-corrected chi connectivity index (χ1v) is 4.67. The molecule has 0 aliphatic rings. The fourth-order valence-electron chi connectivity index (χ4n) is 1.06. The Morgan fingerprint density at radius 1 is 1.60 bits per heavy atom. The quantitative estimate of drug-likeness (QED) is 0.757. The predicted octanol–water partition coefficient (Wildman–Crippen LogP) is 1.76. The second kappa shape index (κ2) is 5.18. The van der Waals surface area contributed by atoms with Crippen LogP contribution < -0.4 is 10.5 Å². The van der Waals surface area contributed by atoms with E-state index in [0.29, 0.717) is 24.5 Å². The van der Waals surface area contributed by atoms with E-state index in [9.17, 15) is 0 Å². The van der Waals surface area contributed by atoms with Crippen LogP contribution in [-0.4, -0.2) is 13.2 Å². The Morgan fingerprint density at radius 2 is 2.33 bits per heavy atom. The number of aryl methyl sites for hydroxylation is 1. The summed E-state index contributed by atoms with van der Waals surface area (Å²) in [5.74, 6) is 0.712. The summed E-state index contributed by atoms with van der Waals surface area (Å²) >= 11 is 0. The Morgan fingerprint density at radius 3 is 2.93 bits per heavy atom. The molecule has 0 saturated carbocycles. The molecule has 0 aliphatic carbocycles. The van der Waals surface area contributed by atoms with Crippen molar-refractivity contribution in [1.29, 1.82) is 5.26 Å². The van der Waals surface area contributed by atoms with E-state index in [1.54, 1.807) is 12.1 Å². The summed E-state index contributed by atoms with van der Waals surface area (Å²) in [6.07, 6.45) is 0. The van der Waals surface area contributed by atoms with Crippen LogP contribution >= 0.6 is 0 Å². The van der Waals surface area contributed by atoms with Crippen LogP contribution in [0.5, 0.6) is 5.75 Å². The molecule has 0 fully saturated rings. The molecule has 15 heavy (non-hydrogen) atoms. The average Bonchev–Trinajstić information content (AvgIpc) is 2.27. The first kappa shape index (κ1) is 11.3. The monoisotopic (exact) mass is 202 g/mol. The Bertz CT molecular complexity index is 405. The molecule has 3 heteroatoms. The van der Waals surface area contributed by atoms with E-state index >= 15 is 0 Å². The number of nitrogens with zero attached hydrogens (tertiary/aromatic N) is 1. The SMILES string of the molecule is C=C(CN)COc1cc(C#N)ccc1C. The molecular formula is C12H14N2O. The highest BCUT2D eigenvalue weighted by Crippen LogP contribution is 2.19. The molecule has 0 heterocycles. The number of hydrogen-bond acceptors (Lipinski definition) is 3. The summed E-state index contributed by atoms with van der Waals surface area (Å²) in [5, 5.41) is 8.73. The number of ether oxygens (including phenoxy) is 1. The lowest BCUT2D eigenvalue weighted by Crippen LogP contribution is -2.10. The molecule has 1 rings (SSSR count). The van der Waals surface area contributed by atoms with E-state index in [0.717, 1.165) is 11.1 Å².